The van der Waals surface area contributed by atoms with Crippen molar-refractivity contribution in [2.45, 2.75) is 37.6 Å². The van der Waals surface area contributed by atoms with E-state index in [0.29, 0.717) is 11.4 Å². The summed E-state index contributed by atoms with van der Waals surface area (Å²) in [5.41, 5.74) is 0.224. The van der Waals surface area contributed by atoms with Gasteiger partial charge in [-0.25, -0.2) is 8.42 Å². The summed E-state index contributed by atoms with van der Waals surface area (Å²) in [5, 5.41) is 6.03. The van der Waals surface area contributed by atoms with Crippen molar-refractivity contribution in [1.82, 2.24) is 10.6 Å². The fourth-order valence-electron chi connectivity index (χ4n) is 2.96. The molecule has 0 aliphatic heterocycles. The number of carbonyl (C=O) groups is 2. The van der Waals surface area contributed by atoms with Crippen molar-refractivity contribution in [3.8, 4) is 0 Å². The molecule has 0 saturated carbocycles. The molecule has 0 spiro atoms. The Morgan fingerprint density at radius 1 is 1.03 bits per heavy atom. The van der Waals surface area contributed by atoms with E-state index < -0.39 is 21.8 Å². The minimum atomic E-state index is -3.41. The number of sulfone groups is 1. The van der Waals surface area contributed by atoms with E-state index in [1.54, 1.807) is 36.4 Å². The number of nitrogens with one attached hydrogen (secondary N) is 2. The van der Waals surface area contributed by atoms with Crippen LogP contribution >= 0.6 is 23.2 Å². The molecule has 0 saturated heterocycles. The molecule has 0 bridgehead atoms. The third-order valence-corrected chi connectivity index (χ3v) is 6.86. The van der Waals surface area contributed by atoms with Crippen LogP contribution in [-0.2, 0) is 14.6 Å². The first-order chi connectivity index (χ1) is 14.6. The van der Waals surface area contributed by atoms with E-state index in [-0.39, 0.29) is 46.0 Å². The van der Waals surface area contributed by atoms with Gasteiger partial charge in [0.05, 0.1) is 21.2 Å². The van der Waals surface area contributed by atoms with Gasteiger partial charge < -0.3 is 10.6 Å². The number of carbonyl (C=O) groups excluding carboxylic acids is 2. The molecule has 9 heteroatoms. The summed E-state index contributed by atoms with van der Waals surface area (Å²) < 4.78 is 24.6. The minimum absolute atomic E-state index is 0.0844. The molecule has 2 aromatic rings. The molecule has 0 aliphatic carbocycles. The highest BCUT2D eigenvalue weighted by molar-refractivity contribution is 7.91. The Bertz CT molecular complexity index is 1010. The summed E-state index contributed by atoms with van der Waals surface area (Å²) in [7, 11) is -3.41. The molecule has 0 aliphatic rings. The Hall–Kier alpha value is -2.09. The summed E-state index contributed by atoms with van der Waals surface area (Å²) in [5.74, 6) is -0.785. The van der Waals surface area contributed by atoms with Crippen LogP contribution in [0.4, 0.5) is 0 Å². The van der Waals surface area contributed by atoms with Crippen molar-refractivity contribution >= 4 is 44.9 Å². The first-order valence-corrected chi connectivity index (χ1v) is 12.3. The molecule has 2 N–H and O–H groups in total. The highest BCUT2D eigenvalue weighted by Crippen LogP contribution is 2.21. The van der Waals surface area contributed by atoms with Crippen LogP contribution in [0.5, 0.6) is 0 Å². The second-order valence-corrected chi connectivity index (χ2v) is 10.5. The van der Waals surface area contributed by atoms with Gasteiger partial charge >= 0.3 is 0 Å². The van der Waals surface area contributed by atoms with Gasteiger partial charge in [-0.05, 0) is 49.1 Å². The smallest absolute Gasteiger partial charge is 0.253 e. The monoisotopic (exact) mass is 484 g/mol. The van der Waals surface area contributed by atoms with Gasteiger partial charge in [0.1, 0.15) is 6.04 Å². The lowest BCUT2D eigenvalue weighted by atomic mass is 10.0. The van der Waals surface area contributed by atoms with Gasteiger partial charge in [-0.1, -0.05) is 55.2 Å². The van der Waals surface area contributed by atoms with Gasteiger partial charge in [0, 0.05) is 11.6 Å². The third kappa shape index (κ3) is 7.83. The highest BCUT2D eigenvalue weighted by atomic mass is 35.5. The molecule has 6 nitrogen and oxygen atoms in total. The Morgan fingerprint density at radius 3 is 2.32 bits per heavy atom. The zero-order chi connectivity index (χ0) is 23.0. The number of hydrogen-bond acceptors (Lipinski definition) is 4. The summed E-state index contributed by atoms with van der Waals surface area (Å²) in [4.78, 5) is 25.5. The average Bonchev–Trinajstić information content (AvgIpc) is 2.70. The molecule has 1 unspecified atom stereocenters. The van der Waals surface area contributed by atoms with E-state index in [0.717, 1.165) is 0 Å². The molecule has 0 fully saturated rings. The predicted molar refractivity (Wildman–Crippen MR) is 123 cm³/mol. The van der Waals surface area contributed by atoms with Crippen molar-refractivity contribution in [2.24, 2.45) is 5.92 Å². The summed E-state index contributed by atoms with van der Waals surface area (Å²) >= 11 is 12.0. The number of hydrogen-bond donors (Lipinski definition) is 2. The van der Waals surface area contributed by atoms with E-state index >= 15 is 0 Å². The fraction of sp³-hybridized carbons (Fsp3) is 0.364. The maximum absolute atomic E-state index is 12.6. The zero-order valence-corrected chi connectivity index (χ0v) is 19.7. The molecule has 2 amide bonds. The van der Waals surface area contributed by atoms with Gasteiger partial charge in [0.25, 0.3) is 5.91 Å². The maximum atomic E-state index is 12.6. The van der Waals surface area contributed by atoms with Crippen LogP contribution in [0.15, 0.2) is 53.4 Å². The fourth-order valence-corrected chi connectivity index (χ4v) is 4.78. The van der Waals surface area contributed by atoms with Gasteiger partial charge in [-0.15, -0.1) is 0 Å². The van der Waals surface area contributed by atoms with Crippen LogP contribution in [0.25, 0.3) is 0 Å². The van der Waals surface area contributed by atoms with Crippen molar-refractivity contribution < 1.29 is 18.0 Å². The van der Waals surface area contributed by atoms with Crippen LogP contribution in [0, 0.1) is 5.92 Å². The minimum Gasteiger partial charge on any atom is -0.354 e. The predicted octanol–water partition coefficient (Wildman–Crippen LogP) is 4.12. The maximum Gasteiger partial charge on any atom is 0.253 e. The van der Waals surface area contributed by atoms with Crippen LogP contribution in [0.3, 0.4) is 0 Å². The molecule has 2 aromatic carbocycles. The number of rotatable bonds is 10. The molecule has 2 rings (SSSR count). The number of halogens is 2. The quantitative estimate of drug-likeness (QED) is 0.496. The standard InChI is InChI=1S/C22H26Cl2N2O4S/c1-15(2)13-20(26-21(27)18-10-9-16(23)14-19(18)24)22(28)25-11-6-12-31(29,30)17-7-4-3-5-8-17/h3-5,7-10,14-15,20H,6,11-13H2,1-2H3,(H,25,28)(H,26,27). The Kier molecular flexibility index (Phi) is 9.34. The van der Waals surface area contributed by atoms with Crippen molar-refractivity contribution in [1.29, 1.82) is 0 Å². The SMILES string of the molecule is CC(C)CC(NC(=O)c1ccc(Cl)cc1Cl)C(=O)NCCCS(=O)(=O)c1ccccc1. The van der Waals surface area contributed by atoms with Gasteiger partial charge in [-0.2, -0.15) is 0 Å². The molecule has 0 heterocycles. The largest absolute Gasteiger partial charge is 0.354 e. The molecule has 0 aromatic heterocycles. The summed E-state index contributed by atoms with van der Waals surface area (Å²) in [6, 6.07) is 11.9. The molecule has 0 radical (unpaired) electrons. The van der Waals surface area contributed by atoms with Crippen LogP contribution in [0.2, 0.25) is 10.0 Å². The summed E-state index contributed by atoms with van der Waals surface area (Å²) in [6.45, 7) is 4.05. The number of benzene rings is 2. The van der Waals surface area contributed by atoms with Gasteiger partial charge in [0.2, 0.25) is 5.91 Å². The molecular formula is C22H26Cl2N2O4S. The van der Waals surface area contributed by atoms with Gasteiger partial charge in [0.15, 0.2) is 9.84 Å². The van der Waals surface area contributed by atoms with E-state index in [4.69, 9.17) is 23.2 Å². The second-order valence-electron chi connectivity index (χ2n) is 7.56. The Balaban J connectivity index is 1.94. The number of amides is 2. The zero-order valence-electron chi connectivity index (χ0n) is 17.4. The highest BCUT2D eigenvalue weighted by Gasteiger charge is 2.23. The van der Waals surface area contributed by atoms with Crippen LogP contribution < -0.4 is 10.6 Å². The van der Waals surface area contributed by atoms with Crippen LogP contribution in [0.1, 0.15) is 37.0 Å². The van der Waals surface area contributed by atoms with Crippen molar-refractivity contribution in [3.05, 3.63) is 64.1 Å². The normalized spacial score (nSPS) is 12.4. The first kappa shape index (κ1) is 25.2. The van der Waals surface area contributed by atoms with Gasteiger partial charge in [-0.3, -0.25) is 9.59 Å². The lowest BCUT2D eigenvalue weighted by Gasteiger charge is -2.20. The molecule has 1 atom stereocenters. The second kappa shape index (κ2) is 11.5. The van der Waals surface area contributed by atoms with Crippen molar-refractivity contribution in [3.63, 3.8) is 0 Å². The lowest BCUT2D eigenvalue weighted by molar-refractivity contribution is -0.123. The average molecular weight is 485 g/mol. The Labute approximate surface area is 193 Å². The van der Waals surface area contributed by atoms with Crippen molar-refractivity contribution in [2.75, 3.05) is 12.3 Å². The lowest BCUT2D eigenvalue weighted by Crippen LogP contribution is -2.47. The first-order valence-electron chi connectivity index (χ1n) is 9.91. The van der Waals surface area contributed by atoms with E-state index in [1.807, 2.05) is 13.8 Å². The topological polar surface area (TPSA) is 92.3 Å². The molecule has 31 heavy (non-hydrogen) atoms. The Morgan fingerprint density at radius 2 is 1.71 bits per heavy atom. The van der Waals surface area contributed by atoms with E-state index in [2.05, 4.69) is 10.6 Å². The van der Waals surface area contributed by atoms with Crippen LogP contribution in [-0.4, -0.2) is 38.6 Å². The summed E-state index contributed by atoms with van der Waals surface area (Å²) in [6.07, 6.45) is 0.680. The van der Waals surface area contributed by atoms with E-state index in [9.17, 15) is 18.0 Å². The molecule has 168 valence electrons. The molecular weight excluding hydrogens is 459 g/mol. The van der Waals surface area contributed by atoms with E-state index in [1.165, 1.54) is 12.1 Å². The third-order valence-electron chi connectivity index (χ3n) is 4.50.